The Morgan fingerprint density at radius 2 is 2.00 bits per heavy atom. The van der Waals surface area contributed by atoms with Crippen molar-refractivity contribution in [3.8, 4) is 0 Å². The largest absolute Gasteiger partial charge is 0.389 e. The average Bonchev–Trinajstić information content (AvgIpc) is 3.61. The number of likely N-dealkylation sites (tertiary alicyclic amines) is 1. The first-order valence-corrected chi connectivity index (χ1v) is 14.3. The van der Waals surface area contributed by atoms with Crippen molar-refractivity contribution in [3.05, 3.63) is 17.5 Å². The maximum atomic E-state index is 13.6. The summed E-state index contributed by atoms with van der Waals surface area (Å²) in [5.74, 6) is -1.99. The molecule has 5 unspecified atom stereocenters. The van der Waals surface area contributed by atoms with Gasteiger partial charge in [-0.2, -0.15) is 0 Å². The lowest BCUT2D eigenvalue weighted by Gasteiger charge is -2.29. The molecule has 0 radical (unpaired) electrons. The highest BCUT2D eigenvalue weighted by Gasteiger charge is 2.50. The van der Waals surface area contributed by atoms with Crippen molar-refractivity contribution in [3.63, 3.8) is 0 Å². The minimum Gasteiger partial charge on any atom is -0.389 e. The second kappa shape index (κ2) is 9.62. The number of sulfone groups is 1. The molecule has 4 N–H and O–H groups in total. The molecule has 1 aromatic rings. The Labute approximate surface area is 209 Å². The molecule has 0 spiro atoms. The van der Waals surface area contributed by atoms with E-state index in [-0.39, 0.29) is 40.5 Å². The SMILES string of the molecule is O=C1NCCC1CC(NC(=O)C1C2CCCC2CN1C(=O)c1cc2c([nH]1)CCCS2(=O)=O)C(=O)CO. The zero-order valence-electron chi connectivity index (χ0n) is 20.0. The van der Waals surface area contributed by atoms with Crippen molar-refractivity contribution in [2.45, 2.75) is 61.9 Å². The molecule has 5 atom stereocenters. The molecular formula is C24H32N4O7S. The zero-order valence-corrected chi connectivity index (χ0v) is 20.8. The molecular weight excluding hydrogens is 488 g/mol. The van der Waals surface area contributed by atoms with Crippen molar-refractivity contribution in [1.82, 2.24) is 20.5 Å². The van der Waals surface area contributed by atoms with E-state index in [1.165, 1.54) is 11.0 Å². The lowest BCUT2D eigenvalue weighted by atomic mass is 9.92. The van der Waals surface area contributed by atoms with Gasteiger partial charge in [0.15, 0.2) is 15.6 Å². The number of carbonyl (C=O) groups is 4. The van der Waals surface area contributed by atoms with Gasteiger partial charge in [0.1, 0.15) is 18.3 Å². The van der Waals surface area contributed by atoms with Gasteiger partial charge in [0.25, 0.3) is 5.91 Å². The number of Topliss-reactive ketones (excluding diaryl/α,β-unsaturated/α-hetero) is 1. The number of aliphatic hydroxyl groups excluding tert-OH is 1. The Morgan fingerprint density at radius 3 is 2.69 bits per heavy atom. The van der Waals surface area contributed by atoms with Crippen molar-refractivity contribution < 1.29 is 32.7 Å². The standard InChI is InChI=1S/C24H32N4O7S/c29-12-19(30)17(9-13-6-7-25-22(13)31)27-23(32)21-15-4-1-3-14(15)11-28(21)24(33)18-10-20-16(26-18)5-2-8-36(20,34)35/h10,13-15,17,21,26,29H,1-9,11-12H2,(H,25,31)(H,27,32). The molecule has 3 fully saturated rings. The molecule has 0 aromatic carbocycles. The Bertz CT molecular complexity index is 1190. The number of fused-ring (bicyclic) bond motifs is 2. The van der Waals surface area contributed by atoms with Gasteiger partial charge in [-0.3, -0.25) is 19.2 Å². The lowest BCUT2D eigenvalue weighted by Crippen LogP contribution is -2.53. The van der Waals surface area contributed by atoms with Gasteiger partial charge in [0, 0.05) is 24.7 Å². The highest BCUT2D eigenvalue weighted by Crippen LogP contribution is 2.43. The Balaban J connectivity index is 1.38. The van der Waals surface area contributed by atoms with Crippen LogP contribution < -0.4 is 10.6 Å². The number of aromatic amines is 1. The molecule has 11 nitrogen and oxygen atoms in total. The molecule has 5 rings (SSSR count). The van der Waals surface area contributed by atoms with Crippen LogP contribution in [0.3, 0.4) is 0 Å². The van der Waals surface area contributed by atoms with Crippen molar-refractivity contribution in [2.75, 3.05) is 25.4 Å². The number of rotatable bonds is 7. The third-order valence-corrected chi connectivity index (χ3v) is 10.1. The summed E-state index contributed by atoms with van der Waals surface area (Å²) in [7, 11) is -3.44. The highest BCUT2D eigenvalue weighted by atomic mass is 32.2. The highest BCUT2D eigenvalue weighted by molar-refractivity contribution is 7.91. The minimum absolute atomic E-state index is 0.0453. The van der Waals surface area contributed by atoms with Crippen LogP contribution in [0.5, 0.6) is 0 Å². The first-order chi connectivity index (χ1) is 17.2. The van der Waals surface area contributed by atoms with Crippen molar-refractivity contribution in [2.24, 2.45) is 17.8 Å². The fourth-order valence-corrected chi connectivity index (χ4v) is 7.97. The summed E-state index contributed by atoms with van der Waals surface area (Å²) in [6.07, 6.45) is 4.26. The summed E-state index contributed by atoms with van der Waals surface area (Å²) in [5.41, 5.74) is 0.669. The summed E-state index contributed by atoms with van der Waals surface area (Å²) < 4.78 is 24.9. The van der Waals surface area contributed by atoms with E-state index in [9.17, 15) is 32.7 Å². The molecule has 4 aliphatic rings. The number of aliphatic hydroxyl groups is 1. The van der Waals surface area contributed by atoms with Gasteiger partial charge < -0.3 is 25.6 Å². The van der Waals surface area contributed by atoms with Crippen LogP contribution in [0.25, 0.3) is 0 Å². The van der Waals surface area contributed by atoms with E-state index in [0.717, 1.165) is 19.3 Å². The number of nitrogens with zero attached hydrogens (tertiary/aromatic N) is 1. The number of aromatic nitrogens is 1. The Hall–Kier alpha value is -2.73. The molecule has 12 heteroatoms. The van der Waals surface area contributed by atoms with Crippen LogP contribution in [0.2, 0.25) is 0 Å². The zero-order chi connectivity index (χ0) is 25.6. The van der Waals surface area contributed by atoms with Crippen LogP contribution in [0.4, 0.5) is 0 Å². The first kappa shape index (κ1) is 24.9. The number of amides is 3. The third kappa shape index (κ3) is 4.45. The molecule has 3 amide bonds. The summed E-state index contributed by atoms with van der Waals surface area (Å²) >= 11 is 0. The predicted octanol–water partition coefficient (Wildman–Crippen LogP) is -0.452. The molecule has 4 heterocycles. The van der Waals surface area contributed by atoms with Gasteiger partial charge >= 0.3 is 0 Å². The second-order valence-corrected chi connectivity index (χ2v) is 12.5. The third-order valence-electron chi connectivity index (χ3n) is 8.23. The number of hydrogen-bond acceptors (Lipinski definition) is 7. The summed E-state index contributed by atoms with van der Waals surface area (Å²) in [6.45, 7) is 0.116. The van der Waals surface area contributed by atoms with Gasteiger partial charge in [-0.15, -0.1) is 0 Å². The number of H-pyrrole nitrogens is 1. The van der Waals surface area contributed by atoms with Crippen molar-refractivity contribution >= 4 is 33.3 Å². The van der Waals surface area contributed by atoms with Crippen LogP contribution in [-0.2, 0) is 30.6 Å². The number of ketones is 1. The van der Waals surface area contributed by atoms with Gasteiger partial charge in [0.05, 0.1) is 16.7 Å². The molecule has 1 aliphatic carbocycles. The van der Waals surface area contributed by atoms with Crippen LogP contribution in [0.15, 0.2) is 11.0 Å². The molecule has 196 valence electrons. The predicted molar refractivity (Wildman–Crippen MR) is 127 cm³/mol. The fraction of sp³-hybridized carbons (Fsp3) is 0.667. The topological polar surface area (TPSA) is 166 Å². The number of hydrogen-bond donors (Lipinski definition) is 4. The van der Waals surface area contributed by atoms with E-state index in [1.807, 2.05) is 0 Å². The quantitative estimate of drug-likeness (QED) is 0.378. The monoisotopic (exact) mass is 520 g/mol. The second-order valence-electron chi connectivity index (χ2n) is 10.4. The minimum atomic E-state index is -3.44. The summed E-state index contributed by atoms with van der Waals surface area (Å²) in [4.78, 5) is 56.3. The van der Waals surface area contributed by atoms with Crippen molar-refractivity contribution in [1.29, 1.82) is 0 Å². The normalized spacial score (nSPS) is 29.4. The first-order valence-electron chi connectivity index (χ1n) is 12.7. The lowest BCUT2D eigenvalue weighted by molar-refractivity contribution is -0.133. The van der Waals surface area contributed by atoms with Gasteiger partial charge in [-0.1, -0.05) is 6.42 Å². The average molecular weight is 521 g/mol. The van der Waals surface area contributed by atoms with Crippen LogP contribution >= 0.6 is 0 Å². The number of carbonyl (C=O) groups excluding carboxylic acids is 4. The van der Waals surface area contributed by atoms with Crippen LogP contribution in [0.1, 0.15) is 54.7 Å². The van der Waals surface area contributed by atoms with E-state index in [2.05, 4.69) is 15.6 Å². The van der Waals surface area contributed by atoms with Gasteiger partial charge in [-0.25, -0.2) is 8.42 Å². The Kier molecular flexibility index (Phi) is 6.67. The number of aryl methyl sites for hydroxylation is 1. The van der Waals surface area contributed by atoms with E-state index in [1.54, 1.807) is 0 Å². The van der Waals surface area contributed by atoms with Gasteiger partial charge in [-0.05, 0) is 56.4 Å². The number of nitrogens with one attached hydrogen (secondary N) is 3. The van der Waals surface area contributed by atoms with E-state index < -0.39 is 52.0 Å². The maximum absolute atomic E-state index is 13.6. The van der Waals surface area contributed by atoms with Crippen LogP contribution in [0, 0.1) is 17.8 Å². The van der Waals surface area contributed by atoms with E-state index >= 15 is 0 Å². The van der Waals surface area contributed by atoms with E-state index in [4.69, 9.17) is 0 Å². The van der Waals surface area contributed by atoms with Crippen LogP contribution in [-0.4, -0.2) is 84.4 Å². The molecule has 0 bridgehead atoms. The molecule has 2 saturated heterocycles. The molecule has 3 aliphatic heterocycles. The fourth-order valence-electron chi connectivity index (χ4n) is 6.40. The Morgan fingerprint density at radius 1 is 1.19 bits per heavy atom. The molecule has 36 heavy (non-hydrogen) atoms. The maximum Gasteiger partial charge on any atom is 0.271 e. The molecule has 1 aromatic heterocycles. The molecule has 1 saturated carbocycles. The smallest absolute Gasteiger partial charge is 0.271 e. The summed E-state index contributed by atoms with van der Waals surface area (Å²) in [6, 6.07) is -0.462. The van der Waals surface area contributed by atoms with Gasteiger partial charge in [0.2, 0.25) is 11.8 Å². The van der Waals surface area contributed by atoms with E-state index in [0.29, 0.717) is 38.0 Å². The summed E-state index contributed by atoms with van der Waals surface area (Å²) in [5, 5.41) is 14.9.